The Hall–Kier alpha value is -3.52. The van der Waals surface area contributed by atoms with Gasteiger partial charge in [-0.1, -0.05) is 42.0 Å². The Morgan fingerprint density at radius 1 is 0.938 bits per heavy atom. The molecule has 32 heavy (non-hydrogen) atoms. The maximum absolute atomic E-state index is 13.3. The van der Waals surface area contributed by atoms with Crippen molar-refractivity contribution in [3.63, 3.8) is 0 Å². The minimum Gasteiger partial charge on any atom is -0.497 e. The number of methoxy groups -OCH3 is 1. The summed E-state index contributed by atoms with van der Waals surface area (Å²) in [6, 6.07) is 22.2. The Morgan fingerprint density at radius 2 is 1.66 bits per heavy atom. The van der Waals surface area contributed by atoms with Crippen molar-refractivity contribution in [3.8, 4) is 11.5 Å². The van der Waals surface area contributed by atoms with Gasteiger partial charge in [0.2, 0.25) is 5.91 Å². The molecule has 0 saturated carbocycles. The van der Waals surface area contributed by atoms with Crippen LogP contribution in [0.2, 0.25) is 0 Å². The van der Waals surface area contributed by atoms with Crippen molar-refractivity contribution < 1.29 is 22.7 Å². The summed E-state index contributed by atoms with van der Waals surface area (Å²) in [5, 5.41) is 2.72. The maximum atomic E-state index is 13.3. The number of hydrogen-bond donors (Lipinski definition) is 1. The molecule has 3 rings (SSSR count). The molecule has 0 aliphatic carbocycles. The lowest BCUT2D eigenvalue weighted by Crippen LogP contribution is -2.41. The van der Waals surface area contributed by atoms with Crippen LogP contribution < -0.4 is 19.1 Å². The lowest BCUT2D eigenvalue weighted by molar-refractivity contribution is -0.119. The van der Waals surface area contributed by atoms with Gasteiger partial charge in [0.25, 0.3) is 10.0 Å². The average Bonchev–Trinajstić information content (AvgIpc) is 2.82. The van der Waals surface area contributed by atoms with E-state index < -0.39 is 15.9 Å². The maximum Gasteiger partial charge on any atom is 0.264 e. The van der Waals surface area contributed by atoms with Gasteiger partial charge < -0.3 is 14.8 Å². The fourth-order valence-corrected chi connectivity index (χ4v) is 4.41. The number of nitrogens with one attached hydrogen (secondary N) is 1. The summed E-state index contributed by atoms with van der Waals surface area (Å²) in [7, 11) is -2.47. The molecule has 168 valence electrons. The fourth-order valence-electron chi connectivity index (χ4n) is 2.98. The third kappa shape index (κ3) is 6.01. The van der Waals surface area contributed by atoms with Crippen LogP contribution in [0.15, 0.2) is 83.8 Å². The van der Waals surface area contributed by atoms with Crippen molar-refractivity contribution >= 4 is 21.6 Å². The lowest BCUT2D eigenvalue weighted by atomic mass is 10.2. The summed E-state index contributed by atoms with van der Waals surface area (Å²) in [5.41, 5.74) is 1.46. The number of aryl methyl sites for hydroxylation is 1. The van der Waals surface area contributed by atoms with Gasteiger partial charge in [0.15, 0.2) is 0 Å². The molecule has 0 spiro atoms. The Morgan fingerprint density at radius 3 is 2.34 bits per heavy atom. The van der Waals surface area contributed by atoms with Crippen LogP contribution in [0.4, 0.5) is 5.69 Å². The zero-order chi connectivity index (χ0) is 23.0. The van der Waals surface area contributed by atoms with E-state index in [4.69, 9.17) is 9.47 Å². The number of carbonyl (C=O) groups is 1. The van der Waals surface area contributed by atoms with Gasteiger partial charge in [0, 0.05) is 6.07 Å². The molecule has 0 fully saturated rings. The molecule has 0 unspecified atom stereocenters. The number of anilines is 1. The number of nitrogens with zero attached hydrogens (tertiary/aromatic N) is 1. The van der Waals surface area contributed by atoms with Crippen molar-refractivity contribution in [2.24, 2.45) is 0 Å². The van der Waals surface area contributed by atoms with E-state index in [1.54, 1.807) is 42.5 Å². The zero-order valence-corrected chi connectivity index (χ0v) is 18.8. The molecule has 0 bridgehead atoms. The number of rotatable bonds is 10. The first-order valence-corrected chi connectivity index (χ1v) is 11.5. The summed E-state index contributed by atoms with van der Waals surface area (Å²) in [5.74, 6) is 0.747. The van der Waals surface area contributed by atoms with E-state index in [2.05, 4.69) is 5.32 Å². The van der Waals surface area contributed by atoms with Crippen LogP contribution in [-0.4, -0.2) is 41.1 Å². The largest absolute Gasteiger partial charge is 0.497 e. The van der Waals surface area contributed by atoms with Crippen molar-refractivity contribution in [3.05, 3.63) is 84.4 Å². The first-order valence-electron chi connectivity index (χ1n) is 10.1. The molecular weight excluding hydrogens is 428 g/mol. The van der Waals surface area contributed by atoms with E-state index >= 15 is 0 Å². The highest BCUT2D eigenvalue weighted by atomic mass is 32.2. The molecule has 8 heteroatoms. The van der Waals surface area contributed by atoms with Gasteiger partial charge in [-0.25, -0.2) is 8.42 Å². The number of sulfonamides is 1. The third-order valence-electron chi connectivity index (χ3n) is 4.67. The zero-order valence-electron chi connectivity index (χ0n) is 18.0. The summed E-state index contributed by atoms with van der Waals surface area (Å²) in [4.78, 5) is 12.7. The van der Waals surface area contributed by atoms with Gasteiger partial charge in [-0.2, -0.15) is 0 Å². The molecule has 7 nitrogen and oxygen atoms in total. The Bertz CT molecular complexity index is 1130. The van der Waals surface area contributed by atoms with E-state index in [0.29, 0.717) is 17.2 Å². The van der Waals surface area contributed by atoms with Gasteiger partial charge in [-0.15, -0.1) is 0 Å². The van der Waals surface area contributed by atoms with Crippen LogP contribution in [-0.2, 0) is 14.8 Å². The van der Waals surface area contributed by atoms with Crippen LogP contribution in [0.3, 0.4) is 0 Å². The van der Waals surface area contributed by atoms with E-state index in [9.17, 15) is 13.2 Å². The monoisotopic (exact) mass is 454 g/mol. The molecule has 0 aliphatic heterocycles. The van der Waals surface area contributed by atoms with Crippen LogP contribution >= 0.6 is 0 Å². The Labute approximate surface area is 188 Å². The van der Waals surface area contributed by atoms with E-state index in [1.807, 2.05) is 31.2 Å². The predicted octanol–water partition coefficient (Wildman–Crippen LogP) is 3.39. The van der Waals surface area contributed by atoms with Crippen LogP contribution in [0.5, 0.6) is 11.5 Å². The molecule has 0 radical (unpaired) electrons. The van der Waals surface area contributed by atoms with Gasteiger partial charge in [0.1, 0.15) is 24.7 Å². The Balaban J connectivity index is 1.70. The molecule has 0 aliphatic rings. The Kier molecular flexibility index (Phi) is 7.72. The SMILES string of the molecule is COc1cccc(N(CC(=O)NCCOc2ccc(C)cc2)S(=O)(=O)c2ccccc2)c1. The van der Waals surface area contributed by atoms with Crippen molar-refractivity contribution in [2.75, 3.05) is 31.1 Å². The standard InChI is InChI=1S/C24H26N2O5S/c1-19-11-13-21(14-12-19)31-16-15-25-24(27)18-26(20-7-6-8-22(17-20)30-2)32(28,29)23-9-4-3-5-10-23/h3-14,17H,15-16,18H2,1-2H3,(H,25,27). The quantitative estimate of drug-likeness (QED) is 0.475. The molecular formula is C24H26N2O5S. The number of hydrogen-bond acceptors (Lipinski definition) is 5. The van der Waals surface area contributed by atoms with Crippen molar-refractivity contribution in [1.82, 2.24) is 5.32 Å². The molecule has 0 heterocycles. The van der Waals surface area contributed by atoms with Gasteiger partial charge >= 0.3 is 0 Å². The van der Waals surface area contributed by atoms with Crippen LogP contribution in [0.1, 0.15) is 5.56 Å². The first-order chi connectivity index (χ1) is 15.4. The topological polar surface area (TPSA) is 84.9 Å². The van der Waals surface area contributed by atoms with Gasteiger partial charge in [0.05, 0.1) is 24.2 Å². The van der Waals surface area contributed by atoms with Gasteiger partial charge in [-0.05, 0) is 43.3 Å². The number of ether oxygens (including phenoxy) is 2. The second-order valence-corrected chi connectivity index (χ2v) is 8.90. The second-order valence-electron chi connectivity index (χ2n) is 7.04. The van der Waals surface area contributed by atoms with Crippen molar-refractivity contribution in [1.29, 1.82) is 0 Å². The lowest BCUT2D eigenvalue weighted by Gasteiger charge is -2.24. The molecule has 0 atom stereocenters. The summed E-state index contributed by atoms with van der Waals surface area (Å²) >= 11 is 0. The number of carbonyl (C=O) groups excluding carboxylic acids is 1. The summed E-state index contributed by atoms with van der Waals surface area (Å²) in [6.45, 7) is 2.11. The number of amides is 1. The predicted molar refractivity (Wildman–Crippen MR) is 124 cm³/mol. The third-order valence-corrected chi connectivity index (χ3v) is 6.46. The molecule has 3 aromatic rings. The van der Waals surface area contributed by atoms with E-state index in [0.717, 1.165) is 9.87 Å². The smallest absolute Gasteiger partial charge is 0.264 e. The second kappa shape index (κ2) is 10.7. The minimum absolute atomic E-state index is 0.0957. The molecule has 0 saturated heterocycles. The average molecular weight is 455 g/mol. The minimum atomic E-state index is -3.97. The van der Waals surface area contributed by atoms with E-state index in [-0.39, 0.29) is 24.6 Å². The molecule has 0 aromatic heterocycles. The summed E-state index contributed by atoms with van der Waals surface area (Å²) < 4.78 is 38.5. The summed E-state index contributed by atoms with van der Waals surface area (Å²) in [6.07, 6.45) is 0. The first kappa shape index (κ1) is 23.1. The van der Waals surface area contributed by atoms with E-state index in [1.165, 1.54) is 19.2 Å². The van der Waals surface area contributed by atoms with Crippen molar-refractivity contribution in [2.45, 2.75) is 11.8 Å². The van der Waals surface area contributed by atoms with Crippen LogP contribution in [0.25, 0.3) is 0 Å². The highest BCUT2D eigenvalue weighted by Crippen LogP contribution is 2.26. The number of benzene rings is 3. The highest BCUT2D eigenvalue weighted by molar-refractivity contribution is 7.92. The molecule has 1 amide bonds. The molecule has 3 aromatic carbocycles. The van der Waals surface area contributed by atoms with Crippen LogP contribution in [0, 0.1) is 6.92 Å². The van der Waals surface area contributed by atoms with Gasteiger partial charge in [-0.3, -0.25) is 9.10 Å². The normalized spacial score (nSPS) is 10.9. The highest BCUT2D eigenvalue weighted by Gasteiger charge is 2.27. The fraction of sp³-hybridized carbons (Fsp3) is 0.208. The molecule has 1 N–H and O–H groups in total.